The van der Waals surface area contributed by atoms with E-state index in [1.807, 2.05) is 31.6 Å². The van der Waals surface area contributed by atoms with Crippen LogP contribution in [-0.4, -0.2) is 19.3 Å². The molecule has 3 aromatic heterocycles. The smallest absolute Gasteiger partial charge is 0.156 e. The minimum Gasteiger partial charge on any atom is -0.463 e. The third-order valence-corrected chi connectivity index (χ3v) is 3.71. The van der Waals surface area contributed by atoms with Crippen molar-refractivity contribution in [3.8, 4) is 11.5 Å². The Morgan fingerprint density at radius 1 is 1.43 bits per heavy atom. The van der Waals surface area contributed by atoms with E-state index in [0.717, 1.165) is 23.0 Å². The van der Waals surface area contributed by atoms with Gasteiger partial charge < -0.3 is 14.3 Å². The van der Waals surface area contributed by atoms with Crippen LogP contribution in [0.15, 0.2) is 41.4 Å². The largest absolute Gasteiger partial charge is 0.463 e. The number of furan rings is 1. The molecule has 1 fully saturated rings. The molecule has 3 aromatic rings. The molecule has 1 saturated carbocycles. The fraction of sp³-hybridized carbons (Fsp3) is 0.333. The number of aromatic nitrogens is 4. The maximum atomic E-state index is 5.45. The fourth-order valence-electron chi connectivity index (χ4n) is 2.55. The predicted molar refractivity (Wildman–Crippen MR) is 78.7 cm³/mol. The predicted octanol–water partition coefficient (Wildman–Crippen LogP) is 2.82. The maximum Gasteiger partial charge on any atom is 0.156 e. The van der Waals surface area contributed by atoms with Gasteiger partial charge >= 0.3 is 0 Å². The number of nitrogens with one attached hydrogen (secondary N) is 1. The van der Waals surface area contributed by atoms with Gasteiger partial charge in [-0.25, -0.2) is 4.98 Å². The molecular weight excluding hydrogens is 266 g/mol. The Labute approximate surface area is 122 Å². The van der Waals surface area contributed by atoms with Gasteiger partial charge in [0.1, 0.15) is 5.82 Å². The van der Waals surface area contributed by atoms with Crippen LogP contribution < -0.4 is 5.32 Å². The Bertz CT molecular complexity index is 736. The second-order valence-electron chi connectivity index (χ2n) is 5.38. The van der Waals surface area contributed by atoms with Gasteiger partial charge in [0.05, 0.1) is 18.5 Å². The highest BCUT2D eigenvalue weighted by Crippen LogP contribution is 2.35. The van der Waals surface area contributed by atoms with Crippen molar-refractivity contribution in [1.82, 2.24) is 19.3 Å². The Balaban J connectivity index is 1.56. The first kappa shape index (κ1) is 12.3. The fourth-order valence-corrected chi connectivity index (χ4v) is 2.55. The summed E-state index contributed by atoms with van der Waals surface area (Å²) in [6, 6.07) is 4.43. The van der Waals surface area contributed by atoms with Gasteiger partial charge in [-0.2, -0.15) is 5.10 Å². The van der Waals surface area contributed by atoms with Crippen LogP contribution in [0.2, 0.25) is 0 Å². The summed E-state index contributed by atoms with van der Waals surface area (Å²) >= 11 is 0. The van der Waals surface area contributed by atoms with Crippen molar-refractivity contribution in [3.05, 3.63) is 42.8 Å². The van der Waals surface area contributed by atoms with Crippen LogP contribution >= 0.6 is 0 Å². The lowest BCUT2D eigenvalue weighted by atomic mass is 10.3. The maximum absolute atomic E-state index is 5.45. The van der Waals surface area contributed by atoms with E-state index < -0.39 is 0 Å². The number of aryl methyl sites for hydroxylation is 1. The standard InChI is InChI=1S/C15H17N5O/c1-19-10-12(15(18-19)13-3-2-8-21-13)17-9-14-16-6-7-20(14)11-4-5-11/h2-3,6-8,10-11,17H,4-5,9H2,1H3. The molecule has 0 saturated heterocycles. The number of hydrogen-bond donors (Lipinski definition) is 1. The summed E-state index contributed by atoms with van der Waals surface area (Å²) in [6.07, 6.45) is 10.1. The molecule has 1 aliphatic carbocycles. The van der Waals surface area contributed by atoms with Crippen molar-refractivity contribution in [3.63, 3.8) is 0 Å². The lowest BCUT2D eigenvalue weighted by molar-refractivity contribution is 0.578. The minimum absolute atomic E-state index is 0.641. The Morgan fingerprint density at radius 3 is 3.10 bits per heavy atom. The Kier molecular flexibility index (Phi) is 2.80. The van der Waals surface area contributed by atoms with E-state index >= 15 is 0 Å². The first-order valence-electron chi connectivity index (χ1n) is 7.14. The van der Waals surface area contributed by atoms with E-state index in [2.05, 4.69) is 26.2 Å². The molecule has 3 heterocycles. The van der Waals surface area contributed by atoms with Crippen molar-refractivity contribution in [2.45, 2.75) is 25.4 Å². The van der Waals surface area contributed by atoms with Crippen molar-refractivity contribution < 1.29 is 4.42 Å². The van der Waals surface area contributed by atoms with E-state index in [4.69, 9.17) is 4.42 Å². The zero-order valence-electron chi connectivity index (χ0n) is 11.9. The first-order chi connectivity index (χ1) is 10.3. The monoisotopic (exact) mass is 283 g/mol. The second-order valence-corrected chi connectivity index (χ2v) is 5.38. The summed E-state index contributed by atoms with van der Waals surface area (Å²) in [5, 5.41) is 7.88. The molecule has 0 amide bonds. The van der Waals surface area contributed by atoms with Crippen LogP contribution in [0, 0.1) is 0 Å². The van der Waals surface area contributed by atoms with E-state index in [-0.39, 0.29) is 0 Å². The molecule has 4 rings (SSSR count). The van der Waals surface area contributed by atoms with E-state index in [1.54, 1.807) is 10.9 Å². The lowest BCUT2D eigenvalue weighted by Crippen LogP contribution is -2.07. The van der Waals surface area contributed by atoms with Crippen molar-refractivity contribution in [1.29, 1.82) is 0 Å². The van der Waals surface area contributed by atoms with Crippen molar-refractivity contribution in [2.24, 2.45) is 7.05 Å². The van der Waals surface area contributed by atoms with E-state index in [0.29, 0.717) is 12.6 Å². The van der Waals surface area contributed by atoms with Gasteiger partial charge in [0.25, 0.3) is 0 Å². The zero-order chi connectivity index (χ0) is 14.2. The van der Waals surface area contributed by atoms with Crippen LogP contribution in [-0.2, 0) is 13.6 Å². The van der Waals surface area contributed by atoms with Gasteiger partial charge in [-0.1, -0.05) is 0 Å². The molecule has 6 nitrogen and oxygen atoms in total. The highest BCUT2D eigenvalue weighted by Gasteiger charge is 2.25. The third-order valence-electron chi connectivity index (χ3n) is 3.71. The number of nitrogens with zero attached hydrogens (tertiary/aromatic N) is 4. The number of hydrogen-bond acceptors (Lipinski definition) is 4. The van der Waals surface area contributed by atoms with Crippen LogP contribution in [0.25, 0.3) is 11.5 Å². The average Bonchev–Trinajstić information content (AvgIpc) is 2.93. The number of rotatable bonds is 5. The molecule has 108 valence electrons. The topological polar surface area (TPSA) is 60.8 Å². The average molecular weight is 283 g/mol. The van der Waals surface area contributed by atoms with Crippen LogP contribution in [0.3, 0.4) is 0 Å². The van der Waals surface area contributed by atoms with Crippen LogP contribution in [0.4, 0.5) is 5.69 Å². The highest BCUT2D eigenvalue weighted by molar-refractivity contribution is 5.70. The highest BCUT2D eigenvalue weighted by atomic mass is 16.3. The van der Waals surface area contributed by atoms with Gasteiger partial charge in [0.15, 0.2) is 11.5 Å². The van der Waals surface area contributed by atoms with Crippen molar-refractivity contribution in [2.75, 3.05) is 5.32 Å². The van der Waals surface area contributed by atoms with Crippen LogP contribution in [0.5, 0.6) is 0 Å². The molecule has 0 bridgehead atoms. The molecule has 0 unspecified atom stereocenters. The summed E-state index contributed by atoms with van der Waals surface area (Å²) in [5.74, 6) is 1.83. The van der Waals surface area contributed by atoms with E-state index in [1.165, 1.54) is 12.8 Å². The molecule has 0 aromatic carbocycles. The molecule has 0 aliphatic heterocycles. The molecule has 1 aliphatic rings. The summed E-state index contributed by atoms with van der Waals surface area (Å²) in [6.45, 7) is 0.683. The van der Waals surface area contributed by atoms with Gasteiger partial charge in [-0.05, 0) is 25.0 Å². The van der Waals surface area contributed by atoms with E-state index in [9.17, 15) is 0 Å². The third kappa shape index (κ3) is 2.33. The van der Waals surface area contributed by atoms with Gasteiger partial charge in [-0.15, -0.1) is 0 Å². The normalized spacial score (nSPS) is 14.5. The minimum atomic E-state index is 0.641. The number of imidazole rings is 1. The molecule has 6 heteroatoms. The first-order valence-corrected chi connectivity index (χ1v) is 7.14. The molecule has 1 N–H and O–H groups in total. The summed E-state index contributed by atoms with van der Waals surface area (Å²) in [7, 11) is 1.91. The van der Waals surface area contributed by atoms with Crippen LogP contribution in [0.1, 0.15) is 24.7 Å². The van der Waals surface area contributed by atoms with Gasteiger partial charge in [0, 0.05) is 31.7 Å². The second kappa shape index (κ2) is 4.80. The number of anilines is 1. The molecule has 0 atom stereocenters. The molecule has 0 radical (unpaired) electrons. The summed E-state index contributed by atoms with van der Waals surface area (Å²) in [4.78, 5) is 4.44. The van der Waals surface area contributed by atoms with Gasteiger partial charge in [-0.3, -0.25) is 4.68 Å². The zero-order valence-corrected chi connectivity index (χ0v) is 11.9. The molecule has 0 spiro atoms. The lowest BCUT2D eigenvalue weighted by Gasteiger charge is -2.08. The molecule has 21 heavy (non-hydrogen) atoms. The Hall–Kier alpha value is -2.50. The summed E-state index contributed by atoms with van der Waals surface area (Å²) in [5.41, 5.74) is 1.78. The Morgan fingerprint density at radius 2 is 2.33 bits per heavy atom. The molecular formula is C15H17N5O. The SMILES string of the molecule is Cn1cc(NCc2nccn2C2CC2)c(-c2ccco2)n1. The van der Waals surface area contributed by atoms with Crippen molar-refractivity contribution >= 4 is 5.69 Å². The summed E-state index contributed by atoms with van der Waals surface area (Å²) < 4.78 is 9.49. The van der Waals surface area contributed by atoms with Gasteiger partial charge in [0.2, 0.25) is 0 Å². The quantitative estimate of drug-likeness (QED) is 0.782.